The van der Waals surface area contributed by atoms with E-state index in [2.05, 4.69) is 20.6 Å². The van der Waals surface area contributed by atoms with Crippen molar-refractivity contribution in [1.82, 2.24) is 29.8 Å². The summed E-state index contributed by atoms with van der Waals surface area (Å²) in [6, 6.07) is 5.83. The number of aliphatic hydroxyl groups is 4. The molecule has 6 rings (SSSR count). The summed E-state index contributed by atoms with van der Waals surface area (Å²) >= 11 is 1.36. The lowest BCUT2D eigenvalue weighted by Gasteiger charge is -2.48. The van der Waals surface area contributed by atoms with Crippen molar-refractivity contribution in [1.29, 1.82) is 0 Å². The van der Waals surface area contributed by atoms with Crippen LogP contribution in [0.25, 0.3) is 10.4 Å². The van der Waals surface area contributed by atoms with Crippen LogP contribution in [0.4, 0.5) is 9.52 Å². The predicted molar refractivity (Wildman–Crippen MR) is 286 cm³/mol. The average molecular weight is 1100 g/mol. The number of ketones is 1. The fourth-order valence-corrected chi connectivity index (χ4v) is 12.3. The van der Waals surface area contributed by atoms with Crippen molar-refractivity contribution in [2.75, 3.05) is 46.3 Å². The maximum absolute atomic E-state index is 14.8. The number of nitrogens with zero attached hydrogens (tertiary/aromatic N) is 6. The van der Waals surface area contributed by atoms with Gasteiger partial charge in [0.05, 0.1) is 64.2 Å². The number of rotatable bonds is 16. The van der Waals surface area contributed by atoms with Crippen LogP contribution in [0, 0.1) is 17.8 Å². The molecule has 3 aromatic rings. The number of aliphatic hydroxyl groups excluding tert-OH is 2. The molecule has 1 amide bonds. The molecule has 0 aliphatic carbocycles. The number of alkyl halides is 1. The van der Waals surface area contributed by atoms with E-state index in [4.69, 9.17) is 28.4 Å². The standard InChI is InChI=1S/C55H86FN7O13S/c1-15-43-55(11,70)47(66)34(6)62(13)28-30(2)24-53(9,69)49(32(4)46(33(5)50(68)74-43)75-44-25-54(10,71-14)48(67)35(7)73-44)76-51-45(65)41(22-31(3)72-51)61(12)21-20-39-29-63(60-59-39)40(26-56)23-37-16-18-38(19-17-37)42-27-57-52(77-42)58-36(8)64/h16-19,27,29-35,40-41,43-44,46-49,51,66-67,69-70H,15,20-26,28H2,1-14H3,(H,57,58,64)/t30-,31-,32+,33-,34-,35+,40+,41+,43-,44+,46+,47-,48+,49-,51+,53-,54-,55-/m1/s1. The lowest BCUT2D eigenvalue weighted by molar-refractivity contribution is -0.305. The molecule has 0 radical (unpaired) electrons. The normalized spacial score (nSPS) is 36.7. The van der Waals surface area contributed by atoms with Gasteiger partial charge in [0.1, 0.15) is 30.6 Å². The van der Waals surface area contributed by atoms with E-state index in [-0.39, 0.29) is 36.9 Å². The van der Waals surface area contributed by atoms with Gasteiger partial charge in [-0.2, -0.15) is 0 Å². The molecule has 0 spiro atoms. The number of hydrogen-bond acceptors (Lipinski definition) is 19. The minimum Gasteiger partial charge on any atom is -0.459 e. The van der Waals surface area contributed by atoms with Gasteiger partial charge in [0.25, 0.3) is 0 Å². The van der Waals surface area contributed by atoms with Crippen LogP contribution in [-0.4, -0.2) is 193 Å². The molecule has 3 saturated heterocycles. The number of halogens is 1. The number of carbonyl (C=O) groups is 3. The maximum atomic E-state index is 14.8. The van der Waals surface area contributed by atoms with E-state index in [1.165, 1.54) is 37.0 Å². The van der Waals surface area contributed by atoms with Crippen molar-refractivity contribution < 1.29 is 67.6 Å². The number of ether oxygens (including phenoxy) is 6. The van der Waals surface area contributed by atoms with Crippen LogP contribution in [0.5, 0.6) is 0 Å². The summed E-state index contributed by atoms with van der Waals surface area (Å²) in [5.41, 5.74) is -2.23. The molecule has 77 heavy (non-hydrogen) atoms. The molecule has 20 nitrogen and oxygen atoms in total. The first-order chi connectivity index (χ1) is 36.1. The van der Waals surface area contributed by atoms with Crippen molar-refractivity contribution >= 4 is 34.1 Å². The van der Waals surface area contributed by atoms with Gasteiger partial charge in [-0.15, -0.1) is 5.10 Å². The molecule has 1 aromatic carbocycles. The van der Waals surface area contributed by atoms with Gasteiger partial charge in [0.15, 0.2) is 11.4 Å². The molecule has 3 aliphatic heterocycles. The van der Waals surface area contributed by atoms with Gasteiger partial charge in [0, 0.05) is 64.3 Å². The van der Waals surface area contributed by atoms with Gasteiger partial charge in [0.2, 0.25) is 18.0 Å². The number of carbonyl (C=O) groups excluding carboxylic acids is 3. The maximum Gasteiger partial charge on any atom is 0.311 e. The number of aromatic nitrogens is 4. The number of hydrogen-bond donors (Lipinski definition) is 5. The lowest BCUT2D eigenvalue weighted by Crippen LogP contribution is -2.60. The van der Waals surface area contributed by atoms with E-state index >= 15 is 0 Å². The first-order valence-electron chi connectivity index (χ1n) is 27.0. The highest BCUT2D eigenvalue weighted by Crippen LogP contribution is 2.40. The van der Waals surface area contributed by atoms with Gasteiger partial charge >= 0.3 is 5.97 Å². The zero-order chi connectivity index (χ0) is 56.9. The average Bonchev–Trinajstić information content (AvgIpc) is 4.07. The number of cyclic esters (lactones) is 1. The highest BCUT2D eigenvalue weighted by Gasteiger charge is 2.53. The highest BCUT2D eigenvalue weighted by molar-refractivity contribution is 7.19. The Kier molecular flexibility index (Phi) is 21.1. The Morgan fingerprint density at radius 2 is 1.71 bits per heavy atom. The summed E-state index contributed by atoms with van der Waals surface area (Å²) in [6.45, 7) is 18.7. The Bertz CT molecular complexity index is 2410. The second kappa shape index (κ2) is 26.1. The van der Waals surface area contributed by atoms with Crippen LogP contribution >= 0.6 is 11.3 Å². The SMILES string of the molecule is CC[C@H]1OC(=O)[C@H](C)[C@@H](O[C@H]2C[C@@](C)(OC)[C@@H](O)[C@H](C)O2)[C@H](C)[C@@H](O[C@@H]2O[C@H](C)C[C@H](N(C)CCc3cn([C@H](CF)Cc4ccc(-c5cnc(NC(C)=O)s5)cc4)nn3)C2=O)[C@](C)(O)C[C@@H](C)CN(C)[C@H](C)[C@@H](O)[C@]1(C)O. The predicted octanol–water partition coefficient (Wildman–Crippen LogP) is 5.15. The van der Waals surface area contributed by atoms with E-state index in [0.717, 1.165) is 16.0 Å². The van der Waals surface area contributed by atoms with E-state index in [1.54, 1.807) is 60.9 Å². The Morgan fingerprint density at radius 3 is 2.35 bits per heavy atom. The molecule has 18 atom stereocenters. The number of nitrogens with one attached hydrogen (secondary N) is 1. The van der Waals surface area contributed by atoms with Crippen molar-refractivity contribution in [2.45, 2.75) is 205 Å². The molecular formula is C55H86FN7O13S. The molecule has 432 valence electrons. The van der Waals surface area contributed by atoms with Crippen molar-refractivity contribution in [3.05, 3.63) is 47.9 Å². The van der Waals surface area contributed by atoms with E-state index in [0.29, 0.717) is 43.2 Å². The topological polar surface area (TPSA) is 250 Å². The van der Waals surface area contributed by atoms with Crippen LogP contribution in [0.1, 0.15) is 119 Å². The summed E-state index contributed by atoms with van der Waals surface area (Å²) in [7, 11) is 5.13. The molecule has 3 aliphatic rings. The van der Waals surface area contributed by atoms with Crippen LogP contribution < -0.4 is 5.32 Å². The minimum atomic E-state index is -1.86. The Labute approximate surface area is 457 Å². The van der Waals surface area contributed by atoms with E-state index in [9.17, 15) is 39.2 Å². The van der Waals surface area contributed by atoms with Gasteiger partial charge in [-0.05, 0) is 105 Å². The Balaban J connectivity index is 1.22. The minimum absolute atomic E-state index is 0.0681. The molecule has 22 heteroatoms. The summed E-state index contributed by atoms with van der Waals surface area (Å²) in [4.78, 5) is 49.7. The van der Waals surface area contributed by atoms with Crippen molar-refractivity contribution in [2.24, 2.45) is 17.8 Å². The third-order valence-electron chi connectivity index (χ3n) is 16.3. The van der Waals surface area contributed by atoms with Crippen LogP contribution in [-0.2, 0) is 55.6 Å². The number of esters is 1. The van der Waals surface area contributed by atoms with E-state index < -0.39 is 115 Å². The molecular weight excluding hydrogens is 1020 g/mol. The molecule has 5 heterocycles. The van der Waals surface area contributed by atoms with Gasteiger partial charge in [-0.1, -0.05) is 61.6 Å². The zero-order valence-electron chi connectivity index (χ0n) is 47.4. The number of benzene rings is 1. The molecule has 3 fully saturated rings. The summed E-state index contributed by atoms with van der Waals surface area (Å²) in [5.74, 6) is -3.55. The van der Waals surface area contributed by atoms with Crippen molar-refractivity contribution in [3.63, 3.8) is 0 Å². The molecule has 2 aromatic heterocycles. The zero-order valence-corrected chi connectivity index (χ0v) is 48.2. The molecule has 5 N–H and O–H groups in total. The van der Waals surface area contributed by atoms with Gasteiger partial charge in [-0.3, -0.25) is 19.3 Å². The third kappa shape index (κ3) is 14.9. The van der Waals surface area contributed by atoms with Crippen LogP contribution in [0.15, 0.2) is 36.7 Å². The third-order valence-corrected chi connectivity index (χ3v) is 17.2. The van der Waals surface area contributed by atoms with E-state index in [1.807, 2.05) is 62.0 Å². The largest absolute Gasteiger partial charge is 0.459 e. The quantitative estimate of drug-likeness (QED) is 0.116. The number of Topliss-reactive ketones (excluding diaryl/α,β-unsaturated/α-hetero) is 1. The summed E-state index contributed by atoms with van der Waals surface area (Å²) in [5, 5.41) is 59.4. The number of amides is 1. The first-order valence-corrected chi connectivity index (χ1v) is 27.9. The van der Waals surface area contributed by atoms with Gasteiger partial charge < -0.3 is 59.1 Å². The highest BCUT2D eigenvalue weighted by atomic mass is 32.1. The Morgan fingerprint density at radius 1 is 1.03 bits per heavy atom. The van der Waals surface area contributed by atoms with Crippen molar-refractivity contribution in [3.8, 4) is 10.4 Å². The lowest BCUT2D eigenvalue weighted by atomic mass is 9.77. The fourth-order valence-electron chi connectivity index (χ4n) is 11.5. The Hall–Kier alpha value is -3.91. The molecule has 0 saturated carbocycles. The first kappa shape index (κ1) is 62.3. The number of likely N-dealkylation sites (N-methyl/N-ethyl adjacent to an activating group) is 2. The smallest absolute Gasteiger partial charge is 0.311 e. The van der Waals surface area contributed by atoms with Crippen LogP contribution in [0.2, 0.25) is 0 Å². The number of anilines is 1. The monoisotopic (exact) mass is 1100 g/mol. The molecule has 0 unspecified atom stereocenters. The van der Waals surface area contributed by atoms with Gasteiger partial charge in [-0.25, -0.2) is 14.1 Å². The molecule has 0 bridgehead atoms. The summed E-state index contributed by atoms with van der Waals surface area (Å²) < 4.78 is 54.2. The fraction of sp³-hybridized carbons (Fsp3) is 0.745. The summed E-state index contributed by atoms with van der Waals surface area (Å²) in [6.07, 6.45) is -4.62. The second-order valence-corrected chi connectivity index (χ2v) is 23.9. The number of thiazole rings is 1. The second-order valence-electron chi connectivity index (χ2n) is 22.9. The van der Waals surface area contributed by atoms with Crippen LogP contribution in [0.3, 0.4) is 0 Å². The number of methoxy groups -OCH3 is 1.